The fraction of sp³-hybridized carbons (Fsp3) is 0.143. The molecular formula is C14H11F2N3. The summed E-state index contributed by atoms with van der Waals surface area (Å²) < 4.78 is 27.1. The van der Waals surface area contributed by atoms with E-state index in [2.05, 4.69) is 10.3 Å². The summed E-state index contributed by atoms with van der Waals surface area (Å²) >= 11 is 0. The molecule has 0 saturated heterocycles. The van der Waals surface area contributed by atoms with E-state index >= 15 is 0 Å². The Balaban J connectivity index is 2.45. The van der Waals surface area contributed by atoms with Crippen molar-refractivity contribution in [3.05, 3.63) is 52.7 Å². The Bertz CT molecular complexity index is 675. The molecule has 2 rings (SSSR count). The van der Waals surface area contributed by atoms with E-state index in [1.165, 1.54) is 6.92 Å². The molecule has 1 aromatic carbocycles. The topological polar surface area (TPSA) is 48.7 Å². The first-order valence-corrected chi connectivity index (χ1v) is 5.61. The van der Waals surface area contributed by atoms with Crippen molar-refractivity contribution < 1.29 is 8.78 Å². The van der Waals surface area contributed by atoms with Crippen LogP contribution in [0.2, 0.25) is 0 Å². The van der Waals surface area contributed by atoms with Crippen molar-refractivity contribution in [3.63, 3.8) is 0 Å². The van der Waals surface area contributed by atoms with Gasteiger partial charge in [0.15, 0.2) is 0 Å². The first-order chi connectivity index (χ1) is 9.01. The average Bonchev–Trinajstić information content (AvgIpc) is 2.36. The number of nitriles is 1. The Hall–Kier alpha value is -2.48. The summed E-state index contributed by atoms with van der Waals surface area (Å²) in [7, 11) is 0. The van der Waals surface area contributed by atoms with Crippen LogP contribution < -0.4 is 5.32 Å². The van der Waals surface area contributed by atoms with Gasteiger partial charge in [-0.15, -0.1) is 0 Å². The van der Waals surface area contributed by atoms with Crippen LogP contribution in [-0.2, 0) is 0 Å². The molecule has 0 unspecified atom stereocenters. The predicted octanol–water partition coefficient (Wildman–Crippen LogP) is 3.59. The van der Waals surface area contributed by atoms with Crippen LogP contribution in [0.3, 0.4) is 0 Å². The molecule has 0 saturated carbocycles. The molecule has 5 heteroatoms. The number of rotatable bonds is 2. The Morgan fingerprint density at radius 3 is 2.58 bits per heavy atom. The van der Waals surface area contributed by atoms with Crippen LogP contribution in [0.25, 0.3) is 0 Å². The Morgan fingerprint density at radius 1 is 1.16 bits per heavy atom. The zero-order valence-corrected chi connectivity index (χ0v) is 10.5. The van der Waals surface area contributed by atoms with Crippen molar-refractivity contribution in [2.24, 2.45) is 0 Å². The number of aromatic nitrogens is 1. The third-order valence-electron chi connectivity index (χ3n) is 2.66. The van der Waals surface area contributed by atoms with Crippen molar-refractivity contribution in [2.75, 3.05) is 5.32 Å². The molecule has 3 nitrogen and oxygen atoms in total. The lowest BCUT2D eigenvalue weighted by Gasteiger charge is -2.10. The van der Waals surface area contributed by atoms with E-state index in [1.807, 2.05) is 6.07 Å². The number of nitrogens with one attached hydrogen (secondary N) is 1. The Kier molecular flexibility index (Phi) is 3.43. The zero-order valence-electron chi connectivity index (χ0n) is 10.5. The van der Waals surface area contributed by atoms with Gasteiger partial charge in [0.05, 0.1) is 11.3 Å². The van der Waals surface area contributed by atoms with Gasteiger partial charge in [0.1, 0.15) is 23.5 Å². The minimum absolute atomic E-state index is 0.0438. The molecule has 0 aliphatic heterocycles. The van der Waals surface area contributed by atoms with Crippen LogP contribution in [0.5, 0.6) is 0 Å². The molecule has 1 aromatic heterocycles. The predicted molar refractivity (Wildman–Crippen MR) is 68.1 cm³/mol. The van der Waals surface area contributed by atoms with Crippen molar-refractivity contribution >= 4 is 11.5 Å². The fourth-order valence-corrected chi connectivity index (χ4v) is 1.61. The molecule has 0 bridgehead atoms. The molecule has 0 amide bonds. The normalized spacial score (nSPS) is 10.1. The van der Waals surface area contributed by atoms with Crippen molar-refractivity contribution in [1.29, 1.82) is 5.26 Å². The zero-order chi connectivity index (χ0) is 14.0. The molecule has 0 radical (unpaired) electrons. The van der Waals surface area contributed by atoms with E-state index < -0.39 is 11.6 Å². The van der Waals surface area contributed by atoms with E-state index in [0.717, 1.165) is 12.1 Å². The van der Waals surface area contributed by atoms with Gasteiger partial charge in [0.2, 0.25) is 0 Å². The van der Waals surface area contributed by atoms with E-state index in [9.17, 15) is 8.78 Å². The van der Waals surface area contributed by atoms with E-state index in [4.69, 9.17) is 5.26 Å². The quantitative estimate of drug-likeness (QED) is 0.896. The summed E-state index contributed by atoms with van der Waals surface area (Å²) in [5.74, 6) is -0.897. The first-order valence-electron chi connectivity index (χ1n) is 5.61. The largest absolute Gasteiger partial charge is 0.337 e. The lowest BCUT2D eigenvalue weighted by molar-refractivity contribution is 0.595. The first kappa shape index (κ1) is 13.0. The van der Waals surface area contributed by atoms with Gasteiger partial charge in [-0.05, 0) is 37.6 Å². The van der Waals surface area contributed by atoms with Gasteiger partial charge in [-0.1, -0.05) is 0 Å². The lowest BCUT2D eigenvalue weighted by Crippen LogP contribution is -2.01. The number of hydrogen-bond donors (Lipinski definition) is 1. The molecule has 96 valence electrons. The van der Waals surface area contributed by atoms with Gasteiger partial charge in [-0.3, -0.25) is 0 Å². The third-order valence-corrected chi connectivity index (χ3v) is 2.66. The number of hydrogen-bond acceptors (Lipinski definition) is 3. The average molecular weight is 259 g/mol. The Labute approximate surface area is 109 Å². The van der Waals surface area contributed by atoms with Gasteiger partial charge in [0, 0.05) is 11.8 Å². The van der Waals surface area contributed by atoms with Crippen molar-refractivity contribution in [1.82, 2.24) is 4.98 Å². The van der Waals surface area contributed by atoms with Gasteiger partial charge in [-0.25, -0.2) is 13.8 Å². The number of nitrogens with zero attached hydrogens (tertiary/aromatic N) is 2. The standard InChI is InChI=1S/C14H11F2N3/c1-8-5-12(16)13(6-11(8)15)19-14-10(7-17)4-3-9(2)18-14/h3-6H,1-2H3,(H,18,19). The van der Waals surface area contributed by atoms with Gasteiger partial charge >= 0.3 is 0 Å². The monoisotopic (exact) mass is 259 g/mol. The van der Waals surface area contributed by atoms with Crippen molar-refractivity contribution in [2.45, 2.75) is 13.8 Å². The third kappa shape index (κ3) is 2.68. The smallest absolute Gasteiger partial charge is 0.148 e. The number of benzene rings is 1. The highest BCUT2D eigenvalue weighted by molar-refractivity contribution is 5.63. The summed E-state index contributed by atoms with van der Waals surface area (Å²) in [6.07, 6.45) is 0. The molecule has 0 atom stereocenters. The minimum Gasteiger partial charge on any atom is -0.337 e. The summed E-state index contributed by atoms with van der Waals surface area (Å²) in [4.78, 5) is 4.11. The minimum atomic E-state index is -0.592. The molecular weight excluding hydrogens is 248 g/mol. The maximum absolute atomic E-state index is 13.7. The van der Waals surface area contributed by atoms with Crippen LogP contribution in [-0.4, -0.2) is 4.98 Å². The van der Waals surface area contributed by atoms with Crippen LogP contribution >= 0.6 is 0 Å². The summed E-state index contributed by atoms with van der Waals surface area (Å²) in [5, 5.41) is 11.6. The van der Waals surface area contributed by atoms with Crippen molar-refractivity contribution in [3.8, 4) is 6.07 Å². The number of halogens is 2. The molecule has 1 N–H and O–H groups in total. The molecule has 0 aliphatic carbocycles. The summed E-state index contributed by atoms with van der Waals surface area (Å²) in [5.41, 5.74) is 1.12. The van der Waals surface area contributed by atoms with Crippen LogP contribution in [0.15, 0.2) is 24.3 Å². The second-order valence-electron chi connectivity index (χ2n) is 4.17. The molecule has 0 spiro atoms. The maximum atomic E-state index is 13.7. The van der Waals surface area contributed by atoms with Crippen LogP contribution in [0.1, 0.15) is 16.8 Å². The van der Waals surface area contributed by atoms with Crippen LogP contribution in [0.4, 0.5) is 20.3 Å². The Morgan fingerprint density at radius 2 is 1.89 bits per heavy atom. The van der Waals surface area contributed by atoms with E-state index in [0.29, 0.717) is 5.69 Å². The maximum Gasteiger partial charge on any atom is 0.148 e. The second kappa shape index (κ2) is 5.02. The second-order valence-corrected chi connectivity index (χ2v) is 4.17. The molecule has 0 aliphatic rings. The highest BCUT2D eigenvalue weighted by Crippen LogP contribution is 2.24. The summed E-state index contributed by atoms with van der Waals surface area (Å²) in [6.45, 7) is 3.23. The van der Waals surface area contributed by atoms with E-state index in [1.54, 1.807) is 19.1 Å². The number of aryl methyl sites for hydroxylation is 2. The molecule has 19 heavy (non-hydrogen) atoms. The number of pyridine rings is 1. The van der Waals surface area contributed by atoms with Gasteiger partial charge in [0.25, 0.3) is 0 Å². The molecule has 0 fully saturated rings. The summed E-state index contributed by atoms with van der Waals surface area (Å²) in [6, 6.07) is 7.35. The van der Waals surface area contributed by atoms with Gasteiger partial charge < -0.3 is 5.32 Å². The fourth-order valence-electron chi connectivity index (χ4n) is 1.61. The highest BCUT2D eigenvalue weighted by Gasteiger charge is 2.10. The molecule has 1 heterocycles. The lowest BCUT2D eigenvalue weighted by atomic mass is 10.2. The highest BCUT2D eigenvalue weighted by atomic mass is 19.1. The molecule has 2 aromatic rings. The van der Waals surface area contributed by atoms with Gasteiger partial charge in [-0.2, -0.15) is 5.26 Å². The van der Waals surface area contributed by atoms with E-state index in [-0.39, 0.29) is 22.6 Å². The number of anilines is 2. The van der Waals surface area contributed by atoms with Crippen LogP contribution in [0, 0.1) is 36.8 Å². The SMILES string of the molecule is Cc1ccc(C#N)c(Nc2cc(F)c(C)cc2F)n1.